The van der Waals surface area contributed by atoms with Gasteiger partial charge < -0.3 is 10.1 Å². The lowest BCUT2D eigenvalue weighted by atomic mass is 10.1. The van der Waals surface area contributed by atoms with Crippen LogP contribution < -0.4 is 5.32 Å². The van der Waals surface area contributed by atoms with E-state index in [0.29, 0.717) is 5.56 Å². The predicted molar refractivity (Wildman–Crippen MR) is 90.6 cm³/mol. The highest BCUT2D eigenvalue weighted by Gasteiger charge is 2.12. The van der Waals surface area contributed by atoms with Crippen molar-refractivity contribution in [1.82, 2.24) is 0 Å². The van der Waals surface area contributed by atoms with Gasteiger partial charge in [0.2, 0.25) is 0 Å². The van der Waals surface area contributed by atoms with E-state index in [1.807, 2.05) is 51.1 Å². The molecular formula is C19H21NO3. The summed E-state index contributed by atoms with van der Waals surface area (Å²) in [6.07, 6.45) is 0.910. The third kappa shape index (κ3) is 4.42. The molecule has 0 saturated carbocycles. The van der Waals surface area contributed by atoms with Crippen LogP contribution in [0.2, 0.25) is 0 Å². The van der Waals surface area contributed by atoms with E-state index < -0.39 is 5.97 Å². The summed E-state index contributed by atoms with van der Waals surface area (Å²) in [6, 6.07) is 13.0. The molecule has 0 aromatic heterocycles. The van der Waals surface area contributed by atoms with E-state index in [9.17, 15) is 9.59 Å². The van der Waals surface area contributed by atoms with Crippen molar-refractivity contribution in [1.29, 1.82) is 0 Å². The minimum Gasteiger partial charge on any atom is -0.452 e. The van der Waals surface area contributed by atoms with Crippen LogP contribution in [0, 0.1) is 13.8 Å². The molecule has 23 heavy (non-hydrogen) atoms. The van der Waals surface area contributed by atoms with Gasteiger partial charge in [-0.2, -0.15) is 0 Å². The maximum absolute atomic E-state index is 12.0. The smallest absolute Gasteiger partial charge is 0.338 e. The molecule has 2 aromatic carbocycles. The van der Waals surface area contributed by atoms with Crippen LogP contribution in [0.3, 0.4) is 0 Å². The van der Waals surface area contributed by atoms with Crippen LogP contribution in [0.4, 0.5) is 5.69 Å². The SMILES string of the molecule is CCc1ccc(C(=O)OCC(=O)Nc2c(C)cccc2C)cc1. The van der Waals surface area contributed by atoms with Crippen molar-refractivity contribution in [3.63, 3.8) is 0 Å². The summed E-state index contributed by atoms with van der Waals surface area (Å²) in [5.41, 5.74) is 4.30. The quantitative estimate of drug-likeness (QED) is 0.857. The Balaban J connectivity index is 1.92. The van der Waals surface area contributed by atoms with Crippen molar-refractivity contribution in [2.24, 2.45) is 0 Å². The van der Waals surface area contributed by atoms with Crippen molar-refractivity contribution in [2.75, 3.05) is 11.9 Å². The monoisotopic (exact) mass is 311 g/mol. The number of esters is 1. The van der Waals surface area contributed by atoms with Gasteiger partial charge in [0.1, 0.15) is 0 Å². The minimum absolute atomic E-state index is 0.303. The van der Waals surface area contributed by atoms with Crippen molar-refractivity contribution in [2.45, 2.75) is 27.2 Å². The molecule has 2 aromatic rings. The Bertz CT molecular complexity index is 685. The number of nitrogens with one attached hydrogen (secondary N) is 1. The average Bonchev–Trinajstić information content (AvgIpc) is 2.56. The number of ether oxygens (including phenoxy) is 1. The lowest BCUT2D eigenvalue weighted by Gasteiger charge is -2.11. The summed E-state index contributed by atoms with van der Waals surface area (Å²) < 4.78 is 5.06. The molecule has 0 atom stereocenters. The van der Waals surface area contributed by atoms with Crippen molar-refractivity contribution in [3.8, 4) is 0 Å². The molecular weight excluding hydrogens is 290 g/mol. The summed E-state index contributed by atoms with van der Waals surface area (Å²) >= 11 is 0. The molecule has 1 N–H and O–H groups in total. The Hall–Kier alpha value is -2.62. The number of carbonyl (C=O) groups is 2. The Labute approximate surface area is 136 Å². The minimum atomic E-state index is -0.496. The summed E-state index contributed by atoms with van der Waals surface area (Å²) in [5.74, 6) is -0.842. The van der Waals surface area contributed by atoms with E-state index in [2.05, 4.69) is 5.32 Å². The van der Waals surface area contributed by atoms with Gasteiger partial charge in [-0.3, -0.25) is 4.79 Å². The summed E-state index contributed by atoms with van der Waals surface area (Å²) in [5, 5.41) is 2.79. The van der Waals surface area contributed by atoms with Crippen LogP contribution in [-0.2, 0) is 16.0 Å². The third-order valence-electron chi connectivity index (χ3n) is 3.68. The van der Waals surface area contributed by atoms with Crippen molar-refractivity contribution in [3.05, 3.63) is 64.7 Å². The first-order valence-corrected chi connectivity index (χ1v) is 7.63. The van der Waals surface area contributed by atoms with Gasteiger partial charge in [-0.1, -0.05) is 37.3 Å². The molecule has 4 heteroatoms. The van der Waals surface area contributed by atoms with Gasteiger partial charge in [-0.25, -0.2) is 4.79 Å². The largest absolute Gasteiger partial charge is 0.452 e. The lowest BCUT2D eigenvalue weighted by Crippen LogP contribution is -2.21. The lowest BCUT2D eigenvalue weighted by molar-refractivity contribution is -0.119. The Morgan fingerprint density at radius 1 is 1.00 bits per heavy atom. The number of para-hydroxylation sites is 1. The van der Waals surface area contributed by atoms with E-state index >= 15 is 0 Å². The Morgan fingerprint density at radius 2 is 1.61 bits per heavy atom. The Morgan fingerprint density at radius 3 is 2.17 bits per heavy atom. The van der Waals surface area contributed by atoms with Crippen LogP contribution in [0.15, 0.2) is 42.5 Å². The van der Waals surface area contributed by atoms with E-state index in [0.717, 1.165) is 28.8 Å². The van der Waals surface area contributed by atoms with Gasteiger partial charge in [-0.05, 0) is 49.1 Å². The van der Waals surface area contributed by atoms with E-state index in [4.69, 9.17) is 4.74 Å². The fourth-order valence-corrected chi connectivity index (χ4v) is 2.28. The zero-order valence-corrected chi connectivity index (χ0v) is 13.7. The molecule has 0 aliphatic carbocycles. The Kier molecular flexibility index (Phi) is 5.52. The molecule has 1 amide bonds. The van der Waals surface area contributed by atoms with Crippen molar-refractivity contribution >= 4 is 17.6 Å². The van der Waals surface area contributed by atoms with Crippen LogP contribution in [-0.4, -0.2) is 18.5 Å². The molecule has 2 rings (SSSR count). The van der Waals surface area contributed by atoms with Gasteiger partial charge in [0.25, 0.3) is 5.91 Å². The molecule has 0 unspecified atom stereocenters. The molecule has 120 valence electrons. The topological polar surface area (TPSA) is 55.4 Å². The second-order valence-electron chi connectivity index (χ2n) is 5.44. The highest BCUT2D eigenvalue weighted by molar-refractivity contribution is 5.96. The zero-order valence-electron chi connectivity index (χ0n) is 13.7. The summed E-state index contributed by atoms with van der Waals surface area (Å²) in [7, 11) is 0. The zero-order chi connectivity index (χ0) is 16.8. The van der Waals surface area contributed by atoms with Gasteiger partial charge in [0.15, 0.2) is 6.61 Å². The molecule has 0 saturated heterocycles. The summed E-state index contributed by atoms with van der Waals surface area (Å²) in [6.45, 7) is 5.58. The van der Waals surface area contributed by atoms with Gasteiger partial charge >= 0.3 is 5.97 Å². The standard InChI is InChI=1S/C19H21NO3/c1-4-15-8-10-16(11-9-15)19(22)23-12-17(21)20-18-13(2)6-5-7-14(18)3/h5-11H,4,12H2,1-3H3,(H,20,21). The van der Waals surface area contributed by atoms with Crippen LogP contribution in [0.1, 0.15) is 34.0 Å². The molecule has 0 bridgehead atoms. The molecule has 0 aliphatic heterocycles. The third-order valence-corrected chi connectivity index (χ3v) is 3.68. The first-order valence-electron chi connectivity index (χ1n) is 7.63. The second-order valence-corrected chi connectivity index (χ2v) is 5.44. The molecule has 0 heterocycles. The maximum Gasteiger partial charge on any atom is 0.338 e. The fraction of sp³-hybridized carbons (Fsp3) is 0.263. The average molecular weight is 311 g/mol. The molecule has 0 spiro atoms. The van der Waals surface area contributed by atoms with Gasteiger partial charge in [0.05, 0.1) is 5.56 Å². The maximum atomic E-state index is 12.0. The van der Waals surface area contributed by atoms with Gasteiger partial charge in [0, 0.05) is 5.69 Å². The van der Waals surface area contributed by atoms with Crippen LogP contribution in [0.25, 0.3) is 0 Å². The highest BCUT2D eigenvalue weighted by Crippen LogP contribution is 2.19. The molecule has 0 fully saturated rings. The first kappa shape index (κ1) is 16.7. The molecule has 0 radical (unpaired) electrons. The number of carbonyl (C=O) groups excluding carboxylic acids is 2. The van der Waals surface area contributed by atoms with Crippen LogP contribution in [0.5, 0.6) is 0 Å². The van der Waals surface area contributed by atoms with Crippen LogP contribution >= 0.6 is 0 Å². The predicted octanol–water partition coefficient (Wildman–Crippen LogP) is 3.66. The fourth-order valence-electron chi connectivity index (χ4n) is 2.28. The number of amides is 1. The van der Waals surface area contributed by atoms with E-state index in [1.165, 1.54) is 0 Å². The number of benzene rings is 2. The van der Waals surface area contributed by atoms with E-state index in [1.54, 1.807) is 12.1 Å². The molecule has 0 aliphatic rings. The van der Waals surface area contributed by atoms with Crippen molar-refractivity contribution < 1.29 is 14.3 Å². The normalized spacial score (nSPS) is 10.2. The molecule has 4 nitrogen and oxygen atoms in total. The second kappa shape index (κ2) is 7.58. The number of hydrogen-bond donors (Lipinski definition) is 1. The number of aryl methyl sites for hydroxylation is 3. The van der Waals surface area contributed by atoms with Gasteiger partial charge in [-0.15, -0.1) is 0 Å². The number of rotatable bonds is 5. The summed E-state index contributed by atoms with van der Waals surface area (Å²) in [4.78, 5) is 23.9. The number of hydrogen-bond acceptors (Lipinski definition) is 3. The first-order chi connectivity index (χ1) is 11.0. The number of anilines is 1. The van der Waals surface area contributed by atoms with E-state index in [-0.39, 0.29) is 12.5 Å². The highest BCUT2D eigenvalue weighted by atomic mass is 16.5.